The van der Waals surface area contributed by atoms with Gasteiger partial charge in [0.15, 0.2) is 16.8 Å². The number of nitrogens with zero attached hydrogens (tertiary/aromatic N) is 5. The van der Waals surface area contributed by atoms with Gasteiger partial charge in [0.05, 0.1) is 5.75 Å². The Hall–Kier alpha value is -3.00. The number of benzene rings is 2. The largest absolute Gasteiger partial charge is 0.339 e. The van der Waals surface area contributed by atoms with Crippen LogP contribution in [0.15, 0.2) is 64.3 Å². The highest BCUT2D eigenvalue weighted by molar-refractivity contribution is 7.98. The van der Waals surface area contributed by atoms with Crippen molar-refractivity contribution in [2.75, 3.05) is 0 Å². The Bertz CT molecular complexity index is 1030. The maximum Gasteiger partial charge on any atom is 0.226 e. The molecule has 0 saturated heterocycles. The van der Waals surface area contributed by atoms with Crippen LogP contribution in [-0.2, 0) is 12.2 Å². The van der Waals surface area contributed by atoms with E-state index in [1.165, 1.54) is 23.9 Å². The van der Waals surface area contributed by atoms with Crippen molar-refractivity contribution < 1.29 is 8.91 Å². The molecule has 4 aromatic rings. The Morgan fingerprint density at radius 2 is 1.81 bits per heavy atom. The number of hydrogen-bond acceptors (Lipinski definition) is 6. The number of thioether (sulfide) groups is 1. The van der Waals surface area contributed by atoms with Crippen molar-refractivity contribution in [3.8, 4) is 17.1 Å². The third-order valence-electron chi connectivity index (χ3n) is 3.89. The lowest BCUT2D eigenvalue weighted by molar-refractivity contribution is 0.378. The van der Waals surface area contributed by atoms with Crippen molar-refractivity contribution in [3.63, 3.8) is 0 Å². The number of para-hydroxylation sites is 1. The van der Waals surface area contributed by atoms with Crippen LogP contribution in [0.3, 0.4) is 0 Å². The van der Waals surface area contributed by atoms with Crippen LogP contribution in [0.4, 0.5) is 4.39 Å². The number of hydrogen-bond donors (Lipinski definition) is 0. The normalized spacial score (nSPS) is 11.0. The Kier molecular flexibility index (Phi) is 4.97. The lowest BCUT2D eigenvalue weighted by Crippen LogP contribution is -2.00. The molecule has 0 spiro atoms. The minimum atomic E-state index is -0.289. The smallest absolute Gasteiger partial charge is 0.226 e. The highest BCUT2D eigenvalue weighted by Gasteiger charge is 2.17. The molecule has 0 atom stereocenters. The molecule has 0 bridgehead atoms. The molecule has 0 amide bonds. The molecule has 8 heteroatoms. The second-order valence-corrected chi connectivity index (χ2v) is 6.67. The van der Waals surface area contributed by atoms with E-state index in [1.807, 2.05) is 41.8 Å². The molecule has 0 unspecified atom stereocenters. The molecule has 0 radical (unpaired) electrons. The van der Waals surface area contributed by atoms with E-state index in [4.69, 9.17) is 4.52 Å². The molecule has 0 aliphatic heterocycles. The average Bonchev–Trinajstić information content (AvgIpc) is 3.34. The molecular weight excluding hydrogens is 365 g/mol. The van der Waals surface area contributed by atoms with Gasteiger partial charge in [-0.15, -0.1) is 10.2 Å². The van der Waals surface area contributed by atoms with Gasteiger partial charge < -0.3 is 4.52 Å². The van der Waals surface area contributed by atoms with E-state index in [0.29, 0.717) is 34.9 Å². The SMILES string of the molecule is CCc1nc(CSc2nnc(-c3ccc(F)cc3)n2-c2ccccc2)no1. The summed E-state index contributed by atoms with van der Waals surface area (Å²) in [5.41, 5.74) is 1.71. The maximum atomic E-state index is 13.3. The monoisotopic (exact) mass is 381 g/mol. The van der Waals surface area contributed by atoms with Gasteiger partial charge in [-0.3, -0.25) is 4.57 Å². The molecule has 0 saturated carbocycles. The Balaban J connectivity index is 1.69. The van der Waals surface area contributed by atoms with Gasteiger partial charge in [0, 0.05) is 17.7 Å². The summed E-state index contributed by atoms with van der Waals surface area (Å²) in [7, 11) is 0. The van der Waals surface area contributed by atoms with Gasteiger partial charge >= 0.3 is 0 Å². The molecule has 2 aromatic heterocycles. The van der Waals surface area contributed by atoms with Crippen LogP contribution < -0.4 is 0 Å². The van der Waals surface area contributed by atoms with Gasteiger partial charge in [-0.25, -0.2) is 4.39 Å². The second-order valence-electron chi connectivity index (χ2n) is 5.73. The van der Waals surface area contributed by atoms with E-state index in [2.05, 4.69) is 20.3 Å². The van der Waals surface area contributed by atoms with Crippen molar-refractivity contribution in [2.45, 2.75) is 24.3 Å². The molecule has 2 heterocycles. The second kappa shape index (κ2) is 7.71. The Morgan fingerprint density at radius 1 is 1.04 bits per heavy atom. The quantitative estimate of drug-likeness (QED) is 0.464. The first-order valence-electron chi connectivity index (χ1n) is 8.45. The van der Waals surface area contributed by atoms with E-state index in [-0.39, 0.29) is 5.82 Å². The third kappa shape index (κ3) is 3.75. The zero-order valence-electron chi connectivity index (χ0n) is 14.5. The van der Waals surface area contributed by atoms with Gasteiger partial charge in [-0.2, -0.15) is 4.98 Å². The molecule has 4 rings (SSSR count). The van der Waals surface area contributed by atoms with Crippen LogP contribution in [0, 0.1) is 5.82 Å². The van der Waals surface area contributed by atoms with Gasteiger partial charge in [-0.1, -0.05) is 42.0 Å². The summed E-state index contributed by atoms with van der Waals surface area (Å²) in [6, 6.07) is 16.0. The zero-order chi connectivity index (χ0) is 18.6. The van der Waals surface area contributed by atoms with Crippen molar-refractivity contribution in [2.24, 2.45) is 0 Å². The maximum absolute atomic E-state index is 13.3. The van der Waals surface area contributed by atoms with Crippen molar-refractivity contribution in [1.29, 1.82) is 0 Å². The topological polar surface area (TPSA) is 69.6 Å². The highest BCUT2D eigenvalue weighted by Crippen LogP contribution is 2.29. The van der Waals surface area contributed by atoms with Crippen LogP contribution in [-0.4, -0.2) is 24.9 Å². The summed E-state index contributed by atoms with van der Waals surface area (Å²) in [5.74, 6) is 2.09. The summed E-state index contributed by atoms with van der Waals surface area (Å²) in [6.07, 6.45) is 0.701. The average molecular weight is 381 g/mol. The van der Waals surface area contributed by atoms with Crippen LogP contribution >= 0.6 is 11.8 Å². The van der Waals surface area contributed by atoms with Crippen molar-refractivity contribution >= 4 is 11.8 Å². The molecule has 0 fully saturated rings. The van der Waals surface area contributed by atoms with E-state index in [1.54, 1.807) is 12.1 Å². The zero-order valence-corrected chi connectivity index (χ0v) is 15.4. The number of aromatic nitrogens is 5. The van der Waals surface area contributed by atoms with Crippen molar-refractivity contribution in [1.82, 2.24) is 24.9 Å². The first-order chi connectivity index (χ1) is 13.2. The Labute approximate surface area is 159 Å². The van der Waals surface area contributed by atoms with E-state index >= 15 is 0 Å². The van der Waals surface area contributed by atoms with Gasteiger partial charge in [0.25, 0.3) is 0 Å². The van der Waals surface area contributed by atoms with E-state index in [9.17, 15) is 4.39 Å². The van der Waals surface area contributed by atoms with Crippen molar-refractivity contribution in [3.05, 3.63) is 72.1 Å². The fourth-order valence-electron chi connectivity index (χ4n) is 2.58. The number of halogens is 1. The van der Waals surface area contributed by atoms with Crippen LogP contribution in [0.25, 0.3) is 17.1 Å². The minimum absolute atomic E-state index is 0.289. The van der Waals surface area contributed by atoms with E-state index < -0.39 is 0 Å². The standard InChI is InChI=1S/C19H16FN5OS/c1-2-17-21-16(24-26-17)12-27-19-23-22-18(13-8-10-14(20)11-9-13)25(19)15-6-4-3-5-7-15/h3-11H,2,12H2,1H3. The molecule has 0 aliphatic rings. The lowest BCUT2D eigenvalue weighted by atomic mass is 10.2. The number of aryl methyl sites for hydroxylation is 1. The summed E-state index contributed by atoms with van der Waals surface area (Å²) in [6.45, 7) is 1.96. The Morgan fingerprint density at radius 3 is 2.52 bits per heavy atom. The predicted octanol–water partition coefficient (Wildman–Crippen LogP) is 4.31. The molecule has 0 aliphatic carbocycles. The first kappa shape index (κ1) is 17.4. The lowest BCUT2D eigenvalue weighted by Gasteiger charge is -2.09. The van der Waals surface area contributed by atoms with Crippen LogP contribution in [0.2, 0.25) is 0 Å². The van der Waals surface area contributed by atoms with Crippen LogP contribution in [0.1, 0.15) is 18.6 Å². The first-order valence-corrected chi connectivity index (χ1v) is 9.44. The molecule has 0 N–H and O–H groups in total. The molecule has 27 heavy (non-hydrogen) atoms. The van der Waals surface area contributed by atoms with Gasteiger partial charge in [-0.05, 0) is 36.4 Å². The number of rotatable bonds is 6. The molecule has 6 nitrogen and oxygen atoms in total. The van der Waals surface area contributed by atoms with Crippen LogP contribution in [0.5, 0.6) is 0 Å². The summed E-state index contributed by atoms with van der Waals surface area (Å²) in [5, 5.41) is 13.3. The molecule has 2 aromatic carbocycles. The van der Waals surface area contributed by atoms with Gasteiger partial charge in [0.1, 0.15) is 5.82 Å². The fraction of sp³-hybridized carbons (Fsp3) is 0.158. The summed E-state index contributed by atoms with van der Waals surface area (Å²) in [4.78, 5) is 4.32. The molecule has 136 valence electrons. The third-order valence-corrected chi connectivity index (χ3v) is 4.82. The highest BCUT2D eigenvalue weighted by atomic mass is 32.2. The fourth-order valence-corrected chi connectivity index (χ4v) is 3.38. The minimum Gasteiger partial charge on any atom is -0.339 e. The van der Waals surface area contributed by atoms with E-state index in [0.717, 1.165) is 11.3 Å². The summed E-state index contributed by atoms with van der Waals surface area (Å²) >= 11 is 1.47. The molecular formula is C19H16FN5OS. The predicted molar refractivity (Wildman–Crippen MR) is 100.0 cm³/mol. The summed E-state index contributed by atoms with van der Waals surface area (Å²) < 4.78 is 20.4. The van der Waals surface area contributed by atoms with Gasteiger partial charge in [0.2, 0.25) is 5.89 Å².